The summed E-state index contributed by atoms with van der Waals surface area (Å²) in [4.78, 5) is 0. The Morgan fingerprint density at radius 1 is 1.20 bits per heavy atom. The number of ether oxygens (including phenoxy) is 2. The fourth-order valence-electron chi connectivity index (χ4n) is 4.54. The zero-order valence-electron chi connectivity index (χ0n) is 13.0. The van der Waals surface area contributed by atoms with Gasteiger partial charge in [0.2, 0.25) is 0 Å². The minimum absolute atomic E-state index is 0.450. The van der Waals surface area contributed by atoms with Gasteiger partial charge < -0.3 is 14.8 Å². The Hall–Kier alpha value is -0.120. The summed E-state index contributed by atoms with van der Waals surface area (Å²) in [5.74, 6) is 0.649. The molecule has 1 saturated heterocycles. The van der Waals surface area contributed by atoms with Gasteiger partial charge in [0.25, 0.3) is 0 Å². The van der Waals surface area contributed by atoms with E-state index in [4.69, 9.17) is 9.47 Å². The smallest absolute Gasteiger partial charge is 0.0661 e. The third kappa shape index (κ3) is 2.90. The molecule has 3 unspecified atom stereocenters. The topological polar surface area (TPSA) is 30.5 Å². The van der Waals surface area contributed by atoms with Crippen LogP contribution in [0.4, 0.5) is 0 Å². The molecular weight excluding hydrogens is 250 g/mol. The van der Waals surface area contributed by atoms with E-state index in [1.165, 1.54) is 51.4 Å². The van der Waals surface area contributed by atoms with E-state index in [-0.39, 0.29) is 0 Å². The Kier molecular flexibility index (Phi) is 5.00. The average molecular weight is 281 g/mol. The second-order valence-corrected chi connectivity index (χ2v) is 7.04. The lowest BCUT2D eigenvalue weighted by molar-refractivity contribution is -0.150. The predicted molar refractivity (Wildman–Crippen MR) is 80.9 cm³/mol. The molecule has 3 heteroatoms. The highest BCUT2D eigenvalue weighted by atomic mass is 16.5. The van der Waals surface area contributed by atoms with Crippen LogP contribution in [0.1, 0.15) is 58.3 Å². The molecule has 3 nitrogen and oxygen atoms in total. The van der Waals surface area contributed by atoms with Crippen molar-refractivity contribution in [2.45, 2.75) is 70.4 Å². The van der Waals surface area contributed by atoms with Gasteiger partial charge in [0, 0.05) is 24.0 Å². The molecule has 0 aromatic rings. The second kappa shape index (κ2) is 6.76. The molecule has 1 N–H and O–H groups in total. The number of rotatable bonds is 5. The summed E-state index contributed by atoms with van der Waals surface area (Å²) in [5, 5.41) is 3.72. The van der Waals surface area contributed by atoms with Crippen molar-refractivity contribution in [2.75, 3.05) is 26.4 Å². The van der Waals surface area contributed by atoms with E-state index in [9.17, 15) is 0 Å². The Bertz CT molecular complexity index is 293. The normalized spacial score (nSPS) is 36.8. The average Bonchev–Trinajstić information content (AvgIpc) is 2.83. The molecule has 2 saturated carbocycles. The molecule has 2 aliphatic carbocycles. The van der Waals surface area contributed by atoms with E-state index in [1.807, 2.05) is 0 Å². The molecule has 0 amide bonds. The Labute approximate surface area is 123 Å². The van der Waals surface area contributed by atoms with Gasteiger partial charge >= 0.3 is 0 Å². The molecule has 3 rings (SSSR count). The molecule has 1 heterocycles. The highest BCUT2D eigenvalue weighted by Gasteiger charge is 2.54. The summed E-state index contributed by atoms with van der Waals surface area (Å²) >= 11 is 0. The van der Waals surface area contributed by atoms with Gasteiger partial charge in [-0.3, -0.25) is 0 Å². The summed E-state index contributed by atoms with van der Waals surface area (Å²) in [7, 11) is 0. The number of hydrogen-bond acceptors (Lipinski definition) is 3. The molecule has 3 aliphatic rings. The molecule has 1 aliphatic heterocycles. The summed E-state index contributed by atoms with van der Waals surface area (Å²) in [6, 6.07) is 0.704. The third-order valence-electron chi connectivity index (χ3n) is 5.83. The molecule has 3 fully saturated rings. The molecule has 116 valence electrons. The minimum Gasteiger partial charge on any atom is -0.381 e. The molecule has 20 heavy (non-hydrogen) atoms. The maximum Gasteiger partial charge on any atom is 0.0661 e. The molecular formula is C17H31NO2. The van der Waals surface area contributed by atoms with Crippen molar-refractivity contribution in [1.29, 1.82) is 0 Å². The Morgan fingerprint density at radius 3 is 2.65 bits per heavy atom. The Balaban J connectivity index is 1.57. The van der Waals surface area contributed by atoms with Gasteiger partial charge in [-0.1, -0.05) is 32.6 Å². The van der Waals surface area contributed by atoms with E-state index in [0.717, 1.165) is 26.4 Å². The van der Waals surface area contributed by atoms with E-state index in [0.29, 0.717) is 23.5 Å². The molecule has 0 aromatic carbocycles. The van der Waals surface area contributed by atoms with Gasteiger partial charge in [-0.2, -0.15) is 0 Å². The van der Waals surface area contributed by atoms with Crippen LogP contribution >= 0.6 is 0 Å². The minimum atomic E-state index is 0.450. The lowest BCUT2D eigenvalue weighted by Gasteiger charge is -2.56. The zero-order chi connectivity index (χ0) is 13.8. The van der Waals surface area contributed by atoms with Crippen LogP contribution < -0.4 is 5.32 Å². The third-order valence-corrected chi connectivity index (χ3v) is 5.83. The summed E-state index contributed by atoms with van der Waals surface area (Å²) < 4.78 is 11.8. The predicted octanol–water partition coefficient (Wildman–Crippen LogP) is 3.13. The lowest BCUT2D eigenvalue weighted by atomic mass is 9.57. The lowest BCUT2D eigenvalue weighted by Crippen LogP contribution is -2.63. The first-order valence-electron chi connectivity index (χ1n) is 8.78. The summed E-state index contributed by atoms with van der Waals surface area (Å²) in [6.07, 6.45) is 11.3. The largest absolute Gasteiger partial charge is 0.381 e. The van der Waals surface area contributed by atoms with E-state index in [1.54, 1.807) is 0 Å². The quantitative estimate of drug-likeness (QED) is 0.840. The van der Waals surface area contributed by atoms with E-state index < -0.39 is 0 Å². The fourth-order valence-corrected chi connectivity index (χ4v) is 4.54. The SMILES string of the molecule is CCNC1CC(OCC2CCOC2)C12CCCCCC2. The van der Waals surface area contributed by atoms with Gasteiger partial charge in [0.15, 0.2) is 0 Å². The van der Waals surface area contributed by atoms with Crippen molar-refractivity contribution in [1.82, 2.24) is 5.32 Å². The van der Waals surface area contributed by atoms with Gasteiger partial charge in [-0.05, 0) is 32.2 Å². The Morgan fingerprint density at radius 2 is 2.00 bits per heavy atom. The van der Waals surface area contributed by atoms with Gasteiger partial charge in [0.05, 0.1) is 19.3 Å². The maximum absolute atomic E-state index is 6.37. The first kappa shape index (κ1) is 14.8. The van der Waals surface area contributed by atoms with Gasteiger partial charge in [-0.25, -0.2) is 0 Å². The molecule has 0 aromatic heterocycles. The van der Waals surface area contributed by atoms with E-state index in [2.05, 4.69) is 12.2 Å². The first-order valence-corrected chi connectivity index (χ1v) is 8.78. The summed E-state index contributed by atoms with van der Waals surface area (Å²) in [6.45, 7) is 6.09. The van der Waals surface area contributed by atoms with Crippen LogP contribution in [0.2, 0.25) is 0 Å². The molecule has 0 radical (unpaired) electrons. The zero-order valence-corrected chi connectivity index (χ0v) is 13.0. The van der Waals surface area contributed by atoms with Crippen LogP contribution in [-0.4, -0.2) is 38.5 Å². The van der Waals surface area contributed by atoms with Crippen LogP contribution in [-0.2, 0) is 9.47 Å². The van der Waals surface area contributed by atoms with Crippen molar-refractivity contribution in [2.24, 2.45) is 11.3 Å². The second-order valence-electron chi connectivity index (χ2n) is 7.04. The summed E-state index contributed by atoms with van der Waals surface area (Å²) in [5.41, 5.74) is 0.450. The van der Waals surface area contributed by atoms with Crippen molar-refractivity contribution in [3.63, 3.8) is 0 Å². The molecule has 1 spiro atoms. The van der Waals surface area contributed by atoms with Crippen LogP contribution in [0, 0.1) is 11.3 Å². The van der Waals surface area contributed by atoms with Crippen molar-refractivity contribution in [3.8, 4) is 0 Å². The van der Waals surface area contributed by atoms with E-state index >= 15 is 0 Å². The monoisotopic (exact) mass is 281 g/mol. The van der Waals surface area contributed by atoms with Crippen LogP contribution in [0.15, 0.2) is 0 Å². The van der Waals surface area contributed by atoms with Crippen molar-refractivity contribution in [3.05, 3.63) is 0 Å². The highest BCUT2D eigenvalue weighted by molar-refractivity contribution is 5.08. The molecule has 0 bridgehead atoms. The fraction of sp³-hybridized carbons (Fsp3) is 1.00. The van der Waals surface area contributed by atoms with Crippen LogP contribution in [0.5, 0.6) is 0 Å². The van der Waals surface area contributed by atoms with Crippen LogP contribution in [0.3, 0.4) is 0 Å². The number of nitrogens with one attached hydrogen (secondary N) is 1. The van der Waals surface area contributed by atoms with Crippen molar-refractivity contribution >= 4 is 0 Å². The first-order chi connectivity index (χ1) is 9.85. The van der Waals surface area contributed by atoms with Gasteiger partial charge in [0.1, 0.15) is 0 Å². The standard InChI is InChI=1S/C17H31NO2/c1-2-18-15-11-16(20-13-14-7-10-19-12-14)17(15)8-5-3-4-6-9-17/h14-16,18H,2-13H2,1H3. The van der Waals surface area contributed by atoms with Gasteiger partial charge in [-0.15, -0.1) is 0 Å². The number of hydrogen-bond donors (Lipinski definition) is 1. The maximum atomic E-state index is 6.37. The molecule has 3 atom stereocenters. The van der Waals surface area contributed by atoms with Crippen LogP contribution in [0.25, 0.3) is 0 Å². The highest BCUT2D eigenvalue weighted by Crippen LogP contribution is 2.52. The van der Waals surface area contributed by atoms with Crippen molar-refractivity contribution < 1.29 is 9.47 Å².